The second-order valence-electron chi connectivity index (χ2n) is 2.40. The summed E-state index contributed by atoms with van der Waals surface area (Å²) in [5, 5.41) is 0. The van der Waals surface area contributed by atoms with Crippen molar-refractivity contribution < 1.29 is 27.1 Å². The number of nitrogens with two attached hydrogens (primary N) is 1. The number of ether oxygens (including phenoxy) is 1. The zero-order valence-corrected chi connectivity index (χ0v) is 7.01. The predicted molar refractivity (Wildman–Crippen MR) is 40.7 cm³/mol. The van der Waals surface area contributed by atoms with Crippen LogP contribution in [0.5, 0.6) is 5.75 Å². The fourth-order valence-electron chi connectivity index (χ4n) is 0.808. The maximum atomic E-state index is 12.7. The summed E-state index contributed by atoms with van der Waals surface area (Å²) in [6.45, 7) is 0. The molecule has 0 aromatic carbocycles. The van der Waals surface area contributed by atoms with Crippen LogP contribution in [0.4, 0.5) is 23.2 Å². The minimum absolute atomic E-state index is 0.0170. The first-order valence-electron chi connectivity index (χ1n) is 3.50. The molecule has 1 rings (SSSR count). The molecule has 0 aliphatic rings. The molecular weight excluding hydrogens is 220 g/mol. The molecule has 0 amide bonds. The Kier molecular flexibility index (Phi) is 2.78. The highest BCUT2D eigenvalue weighted by Gasteiger charge is 2.34. The highest BCUT2D eigenvalue weighted by molar-refractivity contribution is 5.80. The van der Waals surface area contributed by atoms with Gasteiger partial charge in [0.25, 0.3) is 0 Å². The lowest BCUT2D eigenvalue weighted by Crippen LogP contribution is -2.20. The van der Waals surface area contributed by atoms with Gasteiger partial charge in [-0.3, -0.25) is 4.79 Å². The molecule has 0 saturated carbocycles. The third kappa shape index (κ3) is 2.55. The van der Waals surface area contributed by atoms with E-state index in [1.807, 2.05) is 0 Å². The van der Waals surface area contributed by atoms with Gasteiger partial charge in [-0.05, 0) is 0 Å². The molecule has 0 fully saturated rings. The van der Waals surface area contributed by atoms with E-state index in [0.29, 0.717) is 6.20 Å². The number of nitrogens with zero attached hydrogens (tertiary/aromatic N) is 1. The van der Waals surface area contributed by atoms with E-state index in [4.69, 9.17) is 5.73 Å². The van der Waals surface area contributed by atoms with Crippen LogP contribution in [0.25, 0.3) is 0 Å². The average molecular weight is 224 g/mol. The molecule has 4 nitrogen and oxygen atoms in total. The highest BCUT2D eigenvalue weighted by Crippen LogP contribution is 2.31. The summed E-state index contributed by atoms with van der Waals surface area (Å²) in [5.74, 6) is -2.32. The van der Waals surface area contributed by atoms with Gasteiger partial charge in [0.05, 0.1) is 6.20 Å². The minimum atomic E-state index is -5.07. The fourth-order valence-corrected chi connectivity index (χ4v) is 0.808. The number of nitrogen functional groups attached to an aromatic ring is 1. The van der Waals surface area contributed by atoms with E-state index in [1.54, 1.807) is 0 Å². The molecule has 0 aliphatic heterocycles. The topological polar surface area (TPSA) is 65.2 Å². The Morgan fingerprint density at radius 1 is 1.47 bits per heavy atom. The van der Waals surface area contributed by atoms with E-state index in [9.17, 15) is 22.4 Å². The number of carbonyl (C=O) groups is 1. The first-order chi connectivity index (χ1) is 6.85. The summed E-state index contributed by atoms with van der Waals surface area (Å²) in [6.07, 6.45) is -4.56. The summed E-state index contributed by atoms with van der Waals surface area (Å²) in [6, 6.07) is 0. The molecule has 0 radical (unpaired) electrons. The van der Waals surface area contributed by atoms with Gasteiger partial charge in [0.1, 0.15) is 11.4 Å². The molecule has 0 aliphatic carbocycles. The summed E-state index contributed by atoms with van der Waals surface area (Å²) in [7, 11) is 0. The quantitative estimate of drug-likeness (QED) is 0.610. The standard InChI is InChI=1S/C7H4F4N2O2/c8-3-1-13-4(2-14)6(5(3)12)15-7(9,10)11/h1-2H,(H2,12,13). The van der Waals surface area contributed by atoms with Crippen molar-refractivity contribution in [3.63, 3.8) is 0 Å². The van der Waals surface area contributed by atoms with Crippen molar-refractivity contribution in [3.8, 4) is 5.75 Å². The normalized spacial score (nSPS) is 11.2. The van der Waals surface area contributed by atoms with E-state index < -0.39 is 29.3 Å². The van der Waals surface area contributed by atoms with Gasteiger partial charge in [0, 0.05) is 0 Å². The van der Waals surface area contributed by atoms with Gasteiger partial charge in [-0.15, -0.1) is 13.2 Å². The molecule has 15 heavy (non-hydrogen) atoms. The molecule has 0 saturated heterocycles. The molecule has 1 aromatic heterocycles. The van der Waals surface area contributed by atoms with Gasteiger partial charge in [-0.1, -0.05) is 0 Å². The summed E-state index contributed by atoms with van der Waals surface area (Å²) < 4.78 is 51.6. The molecule has 0 unspecified atom stereocenters. The number of rotatable bonds is 2. The second kappa shape index (κ2) is 3.71. The number of anilines is 1. The number of halogens is 4. The first kappa shape index (κ1) is 11.2. The molecule has 82 valence electrons. The van der Waals surface area contributed by atoms with Gasteiger partial charge >= 0.3 is 6.36 Å². The Hall–Kier alpha value is -1.86. The number of aldehydes is 1. The molecule has 0 bridgehead atoms. The Bertz CT molecular complexity index is 391. The van der Waals surface area contributed by atoms with Crippen molar-refractivity contribution in [2.75, 3.05) is 5.73 Å². The molecule has 8 heteroatoms. The van der Waals surface area contributed by atoms with Crippen LogP contribution >= 0.6 is 0 Å². The Morgan fingerprint density at radius 2 is 2.07 bits per heavy atom. The average Bonchev–Trinajstić information content (AvgIpc) is 2.11. The third-order valence-corrected chi connectivity index (χ3v) is 1.38. The summed E-state index contributed by atoms with van der Waals surface area (Å²) in [5.41, 5.74) is 3.34. The van der Waals surface area contributed by atoms with Gasteiger partial charge in [0.2, 0.25) is 0 Å². The number of hydrogen-bond acceptors (Lipinski definition) is 4. The zero-order chi connectivity index (χ0) is 11.6. The van der Waals surface area contributed by atoms with Crippen molar-refractivity contribution in [1.29, 1.82) is 0 Å². The lowest BCUT2D eigenvalue weighted by atomic mass is 10.3. The third-order valence-electron chi connectivity index (χ3n) is 1.38. The summed E-state index contributed by atoms with van der Waals surface area (Å²) >= 11 is 0. The number of hydrogen-bond donors (Lipinski definition) is 1. The van der Waals surface area contributed by atoms with E-state index in [0.717, 1.165) is 0 Å². The second-order valence-corrected chi connectivity index (χ2v) is 2.40. The molecule has 2 N–H and O–H groups in total. The maximum absolute atomic E-state index is 12.7. The fraction of sp³-hybridized carbons (Fsp3) is 0.143. The Morgan fingerprint density at radius 3 is 2.53 bits per heavy atom. The lowest BCUT2D eigenvalue weighted by molar-refractivity contribution is -0.274. The van der Waals surface area contributed by atoms with Crippen molar-refractivity contribution in [2.45, 2.75) is 6.36 Å². The molecule has 0 atom stereocenters. The van der Waals surface area contributed by atoms with Crippen LogP contribution in [0.15, 0.2) is 6.20 Å². The van der Waals surface area contributed by atoms with Crippen molar-refractivity contribution >= 4 is 12.0 Å². The van der Waals surface area contributed by atoms with E-state index in [1.165, 1.54) is 0 Å². The van der Waals surface area contributed by atoms with E-state index >= 15 is 0 Å². The smallest absolute Gasteiger partial charge is 0.401 e. The highest BCUT2D eigenvalue weighted by atomic mass is 19.4. The maximum Gasteiger partial charge on any atom is 0.573 e. The van der Waals surface area contributed by atoms with Gasteiger partial charge in [0.15, 0.2) is 17.9 Å². The molecule has 1 aromatic rings. The van der Waals surface area contributed by atoms with Gasteiger partial charge < -0.3 is 10.5 Å². The minimum Gasteiger partial charge on any atom is -0.401 e. The SMILES string of the molecule is Nc1c(F)cnc(C=O)c1OC(F)(F)F. The number of aromatic nitrogens is 1. The Balaban J connectivity index is 3.24. The first-order valence-corrected chi connectivity index (χ1v) is 3.50. The summed E-state index contributed by atoms with van der Waals surface area (Å²) in [4.78, 5) is 13.4. The van der Waals surface area contributed by atoms with Crippen LogP contribution in [0.3, 0.4) is 0 Å². The van der Waals surface area contributed by atoms with Crippen molar-refractivity contribution in [1.82, 2.24) is 4.98 Å². The van der Waals surface area contributed by atoms with E-state index in [-0.39, 0.29) is 6.29 Å². The largest absolute Gasteiger partial charge is 0.573 e. The molecular formula is C7H4F4N2O2. The van der Waals surface area contributed by atoms with Crippen molar-refractivity contribution in [3.05, 3.63) is 17.7 Å². The van der Waals surface area contributed by atoms with Crippen molar-refractivity contribution in [2.24, 2.45) is 0 Å². The monoisotopic (exact) mass is 224 g/mol. The Labute approximate surface area is 80.7 Å². The number of alkyl halides is 3. The zero-order valence-electron chi connectivity index (χ0n) is 7.01. The van der Waals surface area contributed by atoms with Crippen LogP contribution in [-0.4, -0.2) is 17.6 Å². The molecule has 1 heterocycles. The van der Waals surface area contributed by atoms with Gasteiger partial charge in [-0.2, -0.15) is 0 Å². The molecule has 0 spiro atoms. The van der Waals surface area contributed by atoms with Crippen LogP contribution in [-0.2, 0) is 0 Å². The van der Waals surface area contributed by atoms with Crippen LogP contribution in [0, 0.1) is 5.82 Å². The van der Waals surface area contributed by atoms with Gasteiger partial charge in [-0.25, -0.2) is 9.37 Å². The van der Waals surface area contributed by atoms with Crippen LogP contribution < -0.4 is 10.5 Å². The number of carbonyl (C=O) groups excluding carboxylic acids is 1. The predicted octanol–water partition coefficient (Wildman–Crippen LogP) is 1.51. The van der Waals surface area contributed by atoms with Crippen LogP contribution in [0.2, 0.25) is 0 Å². The number of pyridine rings is 1. The lowest BCUT2D eigenvalue weighted by Gasteiger charge is -2.12. The van der Waals surface area contributed by atoms with E-state index in [2.05, 4.69) is 9.72 Å². The van der Waals surface area contributed by atoms with Crippen LogP contribution in [0.1, 0.15) is 10.5 Å².